The van der Waals surface area contributed by atoms with Crippen molar-refractivity contribution in [2.75, 3.05) is 6.61 Å². The number of nitrogens with one attached hydrogen (secondary N) is 1. The largest absolute Gasteiger partial charge is 0.462 e. The highest BCUT2D eigenvalue weighted by molar-refractivity contribution is 5.76. The molecule has 7 atom stereocenters. The number of pyridine rings is 1. The molecular weight excluding hydrogens is 523 g/mol. The Morgan fingerprint density at radius 3 is 2.73 bits per heavy atom. The minimum atomic E-state index is -4.42. The Labute approximate surface area is 231 Å². The zero-order valence-electron chi connectivity index (χ0n) is 22.5. The minimum absolute atomic E-state index is 0.0509. The molecule has 10 heteroatoms. The number of hydrogen-bond acceptors (Lipinski definition) is 6. The van der Waals surface area contributed by atoms with Crippen LogP contribution in [0.2, 0.25) is 0 Å². The number of benzene rings is 1. The van der Waals surface area contributed by atoms with Crippen molar-refractivity contribution in [3.8, 4) is 11.1 Å². The monoisotopic (exact) mass is 557 g/mol. The lowest BCUT2D eigenvalue weighted by molar-refractivity contribution is -0.144. The molecule has 0 radical (unpaired) electrons. The summed E-state index contributed by atoms with van der Waals surface area (Å²) in [6, 6.07) is 8.56. The maximum atomic E-state index is 13.1. The molecule has 0 bridgehead atoms. The van der Waals surface area contributed by atoms with Gasteiger partial charge in [0, 0.05) is 29.3 Å². The molecule has 2 aromatic rings. The van der Waals surface area contributed by atoms with Gasteiger partial charge in [-0.1, -0.05) is 24.3 Å². The smallest absolute Gasteiger partial charge is 0.416 e. The molecule has 1 amide bonds. The number of ether oxygens (including phenoxy) is 2. The Bertz CT molecular complexity index is 1280. The molecule has 1 aromatic heterocycles. The second-order valence-electron chi connectivity index (χ2n) is 11.1. The van der Waals surface area contributed by atoms with Gasteiger partial charge in [0.25, 0.3) is 0 Å². The van der Waals surface area contributed by atoms with Gasteiger partial charge in [-0.2, -0.15) is 13.2 Å². The van der Waals surface area contributed by atoms with Crippen LogP contribution in [0.1, 0.15) is 50.8 Å². The molecular formula is C30H34F3N3O4. The van der Waals surface area contributed by atoms with Crippen molar-refractivity contribution in [2.24, 2.45) is 29.4 Å². The molecule has 1 aliphatic heterocycles. The molecule has 7 nitrogen and oxygen atoms in total. The number of carbonyl (C=O) groups excluding carboxylic acids is 2. The van der Waals surface area contributed by atoms with Crippen LogP contribution in [-0.2, 0) is 20.4 Å². The van der Waals surface area contributed by atoms with E-state index in [4.69, 9.17) is 15.2 Å². The van der Waals surface area contributed by atoms with Crippen LogP contribution in [0, 0.1) is 23.7 Å². The van der Waals surface area contributed by atoms with Gasteiger partial charge in [0.05, 0.1) is 23.8 Å². The molecule has 2 aliphatic carbocycles. The van der Waals surface area contributed by atoms with Gasteiger partial charge in [-0.25, -0.2) is 4.79 Å². The fraction of sp³-hybridized carbons (Fsp3) is 0.500. The van der Waals surface area contributed by atoms with Gasteiger partial charge >= 0.3 is 18.2 Å². The van der Waals surface area contributed by atoms with E-state index in [-0.39, 0.29) is 41.8 Å². The number of hydrogen-bond donors (Lipinski definition) is 2. The van der Waals surface area contributed by atoms with E-state index >= 15 is 0 Å². The first kappa shape index (κ1) is 28.1. The Morgan fingerprint density at radius 1 is 1.23 bits per heavy atom. The molecule has 40 heavy (non-hydrogen) atoms. The summed E-state index contributed by atoms with van der Waals surface area (Å²) >= 11 is 0. The third-order valence-electron chi connectivity index (χ3n) is 8.75. The van der Waals surface area contributed by atoms with E-state index in [0.29, 0.717) is 36.3 Å². The summed E-state index contributed by atoms with van der Waals surface area (Å²) in [5.74, 6) is -0.569. The van der Waals surface area contributed by atoms with Gasteiger partial charge < -0.3 is 20.5 Å². The second kappa shape index (κ2) is 10.9. The number of carbonyl (C=O) groups is 2. The number of nitrogens with two attached hydrogens (primary N) is 1. The summed E-state index contributed by atoms with van der Waals surface area (Å²) in [4.78, 5) is 29.3. The zero-order chi connectivity index (χ0) is 28.7. The Balaban J connectivity index is 1.38. The summed E-state index contributed by atoms with van der Waals surface area (Å²) in [6.07, 6.45) is 2.99. The summed E-state index contributed by atoms with van der Waals surface area (Å²) < 4.78 is 50.1. The van der Waals surface area contributed by atoms with Crippen LogP contribution < -0.4 is 11.1 Å². The Kier molecular flexibility index (Phi) is 7.65. The molecule has 1 aromatic carbocycles. The number of nitrogens with zero attached hydrogens (tertiary/aromatic N) is 1. The van der Waals surface area contributed by atoms with Gasteiger partial charge in [0.1, 0.15) is 6.10 Å². The van der Waals surface area contributed by atoms with Gasteiger partial charge in [-0.05, 0) is 81.2 Å². The molecule has 2 heterocycles. The summed E-state index contributed by atoms with van der Waals surface area (Å²) in [5, 5.41) is 2.94. The first-order chi connectivity index (χ1) is 19.0. The van der Waals surface area contributed by atoms with Crippen LogP contribution in [-0.4, -0.2) is 41.3 Å². The number of amides is 1. The molecule has 0 spiro atoms. The standard InChI is InChI=1S/C30H34F3N3O4/c1-3-39-28(38)36-23-9-10-25-20(14-23)15-24-26(17(2)40-27(24)37)29(25,34)12-11-22-8-7-19(16-35-22)18-5-4-6-21(13-18)30(31,32)33/h4-8,11-13,16-17,20,23-26H,3,9-10,14-15,34H2,1-2H3,(H,36,38)/b12-11+/t17-,20+,23-,24-,25-,26-,29-/m1/s1. The quantitative estimate of drug-likeness (QED) is 0.465. The number of cyclic esters (lactones) is 1. The predicted octanol–water partition coefficient (Wildman–Crippen LogP) is 5.59. The van der Waals surface area contributed by atoms with E-state index in [1.54, 1.807) is 31.3 Å². The Morgan fingerprint density at radius 2 is 2.02 bits per heavy atom. The first-order valence-electron chi connectivity index (χ1n) is 13.7. The Hall–Kier alpha value is -3.40. The van der Waals surface area contributed by atoms with E-state index in [9.17, 15) is 22.8 Å². The molecule has 5 rings (SSSR count). The lowest BCUT2D eigenvalue weighted by atomic mass is 9.53. The number of rotatable bonds is 5. The number of fused-ring (bicyclic) bond motifs is 2. The highest BCUT2D eigenvalue weighted by atomic mass is 19.4. The van der Waals surface area contributed by atoms with E-state index in [1.165, 1.54) is 6.07 Å². The van der Waals surface area contributed by atoms with Gasteiger partial charge in [0.2, 0.25) is 0 Å². The first-order valence-corrected chi connectivity index (χ1v) is 13.7. The van der Waals surface area contributed by atoms with E-state index in [2.05, 4.69) is 10.3 Å². The zero-order valence-corrected chi connectivity index (χ0v) is 22.5. The third kappa shape index (κ3) is 5.46. The number of alkyl halides is 3. The van der Waals surface area contributed by atoms with Crippen molar-refractivity contribution < 1.29 is 32.2 Å². The maximum Gasteiger partial charge on any atom is 0.416 e. The molecule has 214 valence electrons. The normalized spacial score (nSPS) is 31.8. The topological polar surface area (TPSA) is 104 Å². The van der Waals surface area contributed by atoms with Crippen molar-refractivity contribution in [1.82, 2.24) is 10.3 Å². The summed E-state index contributed by atoms with van der Waals surface area (Å²) in [6.45, 7) is 3.94. The lowest BCUT2D eigenvalue weighted by Crippen LogP contribution is -2.63. The molecule has 2 saturated carbocycles. The van der Waals surface area contributed by atoms with Crippen LogP contribution in [0.4, 0.5) is 18.0 Å². The highest BCUT2D eigenvalue weighted by Crippen LogP contribution is 2.54. The molecule has 3 aliphatic rings. The van der Waals surface area contributed by atoms with Crippen LogP contribution in [0.25, 0.3) is 17.2 Å². The van der Waals surface area contributed by atoms with E-state index < -0.39 is 23.4 Å². The van der Waals surface area contributed by atoms with Crippen molar-refractivity contribution in [3.63, 3.8) is 0 Å². The second-order valence-corrected chi connectivity index (χ2v) is 11.1. The molecule has 3 N–H and O–H groups in total. The fourth-order valence-electron chi connectivity index (χ4n) is 7.06. The minimum Gasteiger partial charge on any atom is -0.462 e. The predicted molar refractivity (Wildman–Crippen MR) is 143 cm³/mol. The fourth-order valence-corrected chi connectivity index (χ4v) is 7.06. The van der Waals surface area contributed by atoms with Gasteiger partial charge in [-0.15, -0.1) is 0 Å². The SMILES string of the molecule is CCOC(=O)N[C@@H]1CC[C@@H]2[C@@H](C1)C[C@H]1C(=O)O[C@H](C)[C@H]1[C@@]2(N)/C=C/c1ccc(-c2cccc(C(F)(F)F)c2)cn1. The van der Waals surface area contributed by atoms with Crippen LogP contribution >= 0.6 is 0 Å². The average Bonchev–Trinajstić information content (AvgIpc) is 3.21. The van der Waals surface area contributed by atoms with Crippen molar-refractivity contribution >= 4 is 18.1 Å². The van der Waals surface area contributed by atoms with Gasteiger partial charge in [-0.3, -0.25) is 9.78 Å². The van der Waals surface area contributed by atoms with Crippen LogP contribution in [0.5, 0.6) is 0 Å². The third-order valence-corrected chi connectivity index (χ3v) is 8.75. The molecule has 0 unspecified atom stereocenters. The van der Waals surface area contributed by atoms with E-state index in [0.717, 1.165) is 25.0 Å². The number of esters is 1. The maximum absolute atomic E-state index is 13.1. The summed E-state index contributed by atoms with van der Waals surface area (Å²) in [7, 11) is 0. The van der Waals surface area contributed by atoms with Crippen LogP contribution in [0.15, 0.2) is 48.7 Å². The number of aromatic nitrogens is 1. The lowest BCUT2D eigenvalue weighted by Gasteiger charge is -2.53. The highest BCUT2D eigenvalue weighted by Gasteiger charge is 2.60. The van der Waals surface area contributed by atoms with Crippen LogP contribution in [0.3, 0.4) is 0 Å². The van der Waals surface area contributed by atoms with Crippen molar-refractivity contribution in [1.29, 1.82) is 0 Å². The van der Waals surface area contributed by atoms with Crippen molar-refractivity contribution in [3.05, 3.63) is 59.9 Å². The van der Waals surface area contributed by atoms with Gasteiger partial charge in [0.15, 0.2) is 0 Å². The van der Waals surface area contributed by atoms with Crippen molar-refractivity contribution in [2.45, 2.75) is 63.4 Å². The number of alkyl carbamates (subject to hydrolysis) is 1. The average molecular weight is 558 g/mol. The summed E-state index contributed by atoms with van der Waals surface area (Å²) in [5.41, 5.74) is 7.26. The van der Waals surface area contributed by atoms with E-state index in [1.807, 2.05) is 19.1 Å². The molecule has 1 saturated heterocycles. The number of halogens is 3. The molecule has 3 fully saturated rings.